The van der Waals surface area contributed by atoms with Crippen LogP contribution in [0.3, 0.4) is 0 Å². The van der Waals surface area contributed by atoms with E-state index in [1.165, 1.54) is 10.9 Å². The van der Waals surface area contributed by atoms with Gasteiger partial charge in [-0.2, -0.15) is 0 Å². The molecule has 0 atom stereocenters. The zero-order chi connectivity index (χ0) is 15.2. The van der Waals surface area contributed by atoms with Crippen molar-refractivity contribution >= 4 is 16.8 Å². The number of hydrogen-bond acceptors (Lipinski definition) is 2. The van der Waals surface area contributed by atoms with Crippen LogP contribution < -0.4 is 10.6 Å². The first-order valence-electron chi connectivity index (χ1n) is 7.66. The topological polar surface area (TPSA) is 46.1 Å². The Bertz CT molecular complexity index is 601. The molecule has 0 unspecified atom stereocenters. The fourth-order valence-corrected chi connectivity index (χ4v) is 2.40. The van der Waals surface area contributed by atoms with Gasteiger partial charge in [-0.05, 0) is 29.5 Å². The number of carbonyl (C=O) groups is 1. The number of nitrogens with zero attached hydrogens (tertiary/aromatic N) is 1. The number of rotatable bonds is 7. The molecule has 0 bridgehead atoms. The first-order chi connectivity index (χ1) is 10.1. The van der Waals surface area contributed by atoms with Gasteiger partial charge in [-0.25, -0.2) is 0 Å². The van der Waals surface area contributed by atoms with E-state index in [-0.39, 0.29) is 5.91 Å². The normalized spacial score (nSPS) is 11.2. The molecule has 114 valence electrons. The second-order valence-corrected chi connectivity index (χ2v) is 5.78. The summed E-state index contributed by atoms with van der Waals surface area (Å²) in [4.78, 5) is 12.0. The third-order valence-corrected chi connectivity index (χ3v) is 3.46. The number of hydrogen-bond donors (Lipinski definition) is 2. The minimum absolute atomic E-state index is 0.0689. The van der Waals surface area contributed by atoms with E-state index in [1.54, 1.807) is 0 Å². The maximum Gasteiger partial charge on any atom is 0.239 e. The summed E-state index contributed by atoms with van der Waals surface area (Å²) in [6.07, 6.45) is 2.00. The minimum atomic E-state index is 0.0689. The average molecular weight is 287 g/mol. The molecule has 0 saturated carbocycles. The molecule has 2 rings (SSSR count). The van der Waals surface area contributed by atoms with Crippen LogP contribution in [0.2, 0.25) is 0 Å². The Balaban J connectivity index is 2.17. The molecule has 2 aromatic rings. The Labute approximate surface area is 126 Å². The highest BCUT2D eigenvalue weighted by Crippen LogP contribution is 2.20. The molecule has 1 heterocycles. The second-order valence-electron chi connectivity index (χ2n) is 5.78. The van der Waals surface area contributed by atoms with Gasteiger partial charge in [-0.1, -0.05) is 39.0 Å². The fraction of sp³-hybridized carbons (Fsp3) is 0.471. The van der Waals surface area contributed by atoms with Crippen molar-refractivity contribution in [1.29, 1.82) is 0 Å². The van der Waals surface area contributed by atoms with Crippen molar-refractivity contribution < 1.29 is 4.79 Å². The highest BCUT2D eigenvalue weighted by atomic mass is 16.1. The first-order valence-corrected chi connectivity index (χ1v) is 7.66. The van der Waals surface area contributed by atoms with Crippen LogP contribution in [-0.4, -0.2) is 23.6 Å². The van der Waals surface area contributed by atoms with Gasteiger partial charge < -0.3 is 15.2 Å². The quantitative estimate of drug-likeness (QED) is 0.822. The smallest absolute Gasteiger partial charge is 0.239 e. The lowest BCUT2D eigenvalue weighted by atomic mass is 10.1. The fourth-order valence-electron chi connectivity index (χ4n) is 2.40. The Kier molecular flexibility index (Phi) is 5.39. The van der Waals surface area contributed by atoms with E-state index < -0.39 is 0 Å². The van der Waals surface area contributed by atoms with Gasteiger partial charge in [0.05, 0.1) is 5.52 Å². The molecule has 21 heavy (non-hydrogen) atoms. The molecule has 0 aliphatic rings. The summed E-state index contributed by atoms with van der Waals surface area (Å²) >= 11 is 0. The maximum atomic E-state index is 12.0. The van der Waals surface area contributed by atoms with E-state index in [2.05, 4.69) is 55.7 Å². The molecule has 1 aromatic heterocycles. The second kappa shape index (κ2) is 7.27. The summed E-state index contributed by atoms with van der Waals surface area (Å²) in [5, 5.41) is 7.51. The molecular formula is C17H25N3O. The number of aromatic nitrogens is 1. The van der Waals surface area contributed by atoms with Crippen LogP contribution in [0.15, 0.2) is 30.5 Å². The van der Waals surface area contributed by atoms with Crippen molar-refractivity contribution in [2.75, 3.05) is 13.1 Å². The van der Waals surface area contributed by atoms with Gasteiger partial charge in [0.2, 0.25) is 5.91 Å². The zero-order valence-corrected chi connectivity index (χ0v) is 13.1. The van der Waals surface area contributed by atoms with Crippen molar-refractivity contribution in [1.82, 2.24) is 15.2 Å². The van der Waals surface area contributed by atoms with Crippen LogP contribution in [0, 0.1) is 5.92 Å². The molecule has 0 aliphatic carbocycles. The largest absolute Gasteiger partial charge is 0.354 e. The predicted octanol–water partition coefficient (Wildman–Crippen LogP) is 2.52. The van der Waals surface area contributed by atoms with Crippen molar-refractivity contribution in [2.24, 2.45) is 5.92 Å². The molecule has 0 radical (unpaired) electrons. The average Bonchev–Trinajstić information content (AvgIpc) is 2.86. The van der Waals surface area contributed by atoms with Gasteiger partial charge in [0, 0.05) is 19.3 Å². The minimum Gasteiger partial charge on any atom is -0.354 e. The van der Waals surface area contributed by atoms with Crippen molar-refractivity contribution in [3.05, 3.63) is 36.0 Å². The summed E-state index contributed by atoms with van der Waals surface area (Å²) < 4.78 is 2.04. The van der Waals surface area contributed by atoms with E-state index in [9.17, 15) is 4.79 Å². The Morgan fingerprint density at radius 2 is 2.10 bits per heavy atom. The Morgan fingerprint density at radius 3 is 2.81 bits per heavy atom. The maximum absolute atomic E-state index is 12.0. The van der Waals surface area contributed by atoms with Crippen molar-refractivity contribution in [2.45, 2.75) is 33.9 Å². The van der Waals surface area contributed by atoms with E-state index in [1.807, 2.05) is 10.8 Å². The standard InChI is InChI=1S/C17H25N3O/c1-4-18-11-15-7-5-6-14-8-9-20(17(14)15)12-16(21)19-10-13(2)3/h5-9,13,18H,4,10-12H2,1-3H3,(H,19,21). The first kappa shape index (κ1) is 15.6. The van der Waals surface area contributed by atoms with Crippen LogP contribution in [-0.2, 0) is 17.9 Å². The summed E-state index contributed by atoms with van der Waals surface area (Å²) in [6.45, 7) is 9.15. The van der Waals surface area contributed by atoms with Crippen LogP contribution in [0.5, 0.6) is 0 Å². The van der Waals surface area contributed by atoms with Crippen molar-refractivity contribution in [3.8, 4) is 0 Å². The van der Waals surface area contributed by atoms with Gasteiger partial charge in [-0.15, -0.1) is 0 Å². The number of amides is 1. The predicted molar refractivity (Wildman–Crippen MR) is 87.2 cm³/mol. The van der Waals surface area contributed by atoms with Gasteiger partial charge in [0.15, 0.2) is 0 Å². The van der Waals surface area contributed by atoms with Crippen LogP contribution >= 0.6 is 0 Å². The lowest BCUT2D eigenvalue weighted by molar-refractivity contribution is -0.121. The summed E-state index contributed by atoms with van der Waals surface area (Å²) in [5.74, 6) is 0.541. The summed E-state index contributed by atoms with van der Waals surface area (Å²) in [5.41, 5.74) is 2.38. The van der Waals surface area contributed by atoms with E-state index in [0.29, 0.717) is 12.5 Å². The summed E-state index contributed by atoms with van der Waals surface area (Å²) in [7, 11) is 0. The molecular weight excluding hydrogens is 262 g/mol. The molecule has 0 saturated heterocycles. The lowest BCUT2D eigenvalue weighted by Gasteiger charge is -2.11. The number of nitrogens with one attached hydrogen (secondary N) is 2. The van der Waals surface area contributed by atoms with E-state index in [4.69, 9.17) is 0 Å². The van der Waals surface area contributed by atoms with Gasteiger partial charge in [-0.3, -0.25) is 4.79 Å². The highest BCUT2D eigenvalue weighted by Gasteiger charge is 2.09. The third-order valence-electron chi connectivity index (χ3n) is 3.46. The van der Waals surface area contributed by atoms with Crippen LogP contribution in [0.25, 0.3) is 10.9 Å². The van der Waals surface area contributed by atoms with E-state index >= 15 is 0 Å². The number of carbonyl (C=O) groups excluding carboxylic acids is 1. The molecule has 0 spiro atoms. The van der Waals surface area contributed by atoms with Gasteiger partial charge in [0.1, 0.15) is 6.54 Å². The van der Waals surface area contributed by atoms with Gasteiger partial charge >= 0.3 is 0 Å². The monoisotopic (exact) mass is 287 g/mol. The summed E-state index contributed by atoms with van der Waals surface area (Å²) in [6, 6.07) is 8.35. The van der Waals surface area contributed by atoms with Crippen LogP contribution in [0.1, 0.15) is 26.3 Å². The molecule has 1 aromatic carbocycles. The third kappa shape index (κ3) is 4.08. The number of benzene rings is 1. The Hall–Kier alpha value is -1.81. The Morgan fingerprint density at radius 1 is 1.29 bits per heavy atom. The van der Waals surface area contributed by atoms with Crippen molar-refractivity contribution in [3.63, 3.8) is 0 Å². The molecule has 2 N–H and O–H groups in total. The van der Waals surface area contributed by atoms with Gasteiger partial charge in [0.25, 0.3) is 0 Å². The molecule has 4 heteroatoms. The highest BCUT2D eigenvalue weighted by molar-refractivity contribution is 5.85. The SMILES string of the molecule is CCNCc1cccc2ccn(CC(=O)NCC(C)C)c12. The molecule has 0 fully saturated rings. The lowest BCUT2D eigenvalue weighted by Crippen LogP contribution is -2.30. The molecule has 4 nitrogen and oxygen atoms in total. The van der Waals surface area contributed by atoms with Crippen LogP contribution in [0.4, 0.5) is 0 Å². The number of para-hydroxylation sites is 1. The molecule has 0 aliphatic heterocycles. The zero-order valence-electron chi connectivity index (χ0n) is 13.1. The number of fused-ring (bicyclic) bond motifs is 1. The molecule has 1 amide bonds. The van der Waals surface area contributed by atoms with E-state index in [0.717, 1.165) is 25.2 Å².